The fraction of sp³-hybridized carbons (Fsp3) is 0. The number of nitrogen functional groups attached to an aromatic ring is 1. The Morgan fingerprint density at radius 1 is 1.67 bits per heavy atom. The molecule has 3 heteroatoms. The molecule has 0 spiro atoms. The first-order chi connectivity index (χ1) is 4.33. The van der Waals surface area contributed by atoms with Gasteiger partial charge in [-0.3, -0.25) is 0 Å². The summed E-state index contributed by atoms with van der Waals surface area (Å²) >= 11 is 0. The summed E-state index contributed by atoms with van der Waals surface area (Å²) in [6, 6.07) is 5.39. The van der Waals surface area contributed by atoms with Gasteiger partial charge in [-0.1, -0.05) is 4.68 Å². The molecule has 0 aliphatic carbocycles. The minimum atomic E-state index is 0.569. The smallest absolute Gasteiger partial charge is 0.205 e. The van der Waals surface area contributed by atoms with Crippen LogP contribution in [-0.2, 0) is 0 Å². The first kappa shape index (κ1) is 5.57. The Hall–Kier alpha value is -1.56. The van der Waals surface area contributed by atoms with Crippen LogP contribution in [0, 0.1) is 11.3 Å². The highest BCUT2D eigenvalue weighted by Crippen LogP contribution is 1.87. The van der Waals surface area contributed by atoms with Crippen LogP contribution in [0.3, 0.4) is 0 Å². The second-order valence-corrected chi connectivity index (χ2v) is 1.65. The van der Waals surface area contributed by atoms with E-state index in [1.165, 1.54) is 4.68 Å². The van der Waals surface area contributed by atoms with Gasteiger partial charge < -0.3 is 0 Å². The molecule has 0 unspecified atom stereocenters. The predicted molar refractivity (Wildman–Crippen MR) is 31.5 cm³/mol. The number of nitrogens with two attached hydrogens (primary N) is 1. The minimum Gasteiger partial charge on any atom is -0.205 e. The third-order valence-corrected chi connectivity index (χ3v) is 0.951. The van der Waals surface area contributed by atoms with Crippen LogP contribution in [0.15, 0.2) is 24.5 Å². The molecular weight excluding hydrogens is 114 g/mol. The highest BCUT2D eigenvalue weighted by Gasteiger charge is 1.93. The van der Waals surface area contributed by atoms with Crippen LogP contribution < -0.4 is 10.5 Å². The van der Waals surface area contributed by atoms with Crippen molar-refractivity contribution in [1.82, 2.24) is 0 Å². The lowest BCUT2D eigenvalue weighted by molar-refractivity contribution is -0.639. The molecule has 1 aromatic heterocycles. The van der Waals surface area contributed by atoms with E-state index in [0.29, 0.717) is 5.56 Å². The number of nitrogens with zero attached hydrogens (tertiary/aromatic N) is 2. The third-order valence-electron chi connectivity index (χ3n) is 0.951. The van der Waals surface area contributed by atoms with Crippen molar-refractivity contribution in [1.29, 1.82) is 5.26 Å². The molecule has 2 N–H and O–H groups in total. The maximum absolute atomic E-state index is 8.34. The van der Waals surface area contributed by atoms with Gasteiger partial charge in [0.1, 0.15) is 11.6 Å². The number of pyridine rings is 1. The summed E-state index contributed by atoms with van der Waals surface area (Å²) in [5.41, 5.74) is 0.569. The third kappa shape index (κ3) is 1.16. The summed E-state index contributed by atoms with van der Waals surface area (Å²) in [6.07, 6.45) is 3.22. The molecule has 0 atom stereocenters. The van der Waals surface area contributed by atoms with E-state index >= 15 is 0 Å². The standard InChI is InChI=1S/C6H6N3/c7-4-6-2-1-3-9(8)5-6/h1-3,5H,8H2/q+1. The highest BCUT2D eigenvalue weighted by molar-refractivity contribution is 5.21. The molecule has 0 bridgehead atoms. The predicted octanol–water partition coefficient (Wildman–Crippen LogP) is -0.440. The molecule has 1 heterocycles. The van der Waals surface area contributed by atoms with E-state index in [1.807, 2.05) is 6.07 Å². The van der Waals surface area contributed by atoms with Gasteiger partial charge in [-0.2, -0.15) is 5.26 Å². The van der Waals surface area contributed by atoms with Gasteiger partial charge in [-0.15, -0.1) is 0 Å². The van der Waals surface area contributed by atoms with E-state index in [9.17, 15) is 0 Å². The molecule has 0 radical (unpaired) electrons. The molecule has 0 fully saturated rings. The number of rotatable bonds is 0. The molecule has 44 valence electrons. The quantitative estimate of drug-likeness (QED) is 0.372. The van der Waals surface area contributed by atoms with Crippen molar-refractivity contribution in [3.8, 4) is 6.07 Å². The fourth-order valence-corrected chi connectivity index (χ4v) is 0.559. The summed E-state index contributed by atoms with van der Waals surface area (Å²) in [4.78, 5) is 0. The average Bonchev–Trinajstić information content (AvgIpc) is 1.88. The monoisotopic (exact) mass is 120 g/mol. The maximum Gasteiger partial charge on any atom is 0.216 e. The first-order valence-electron chi connectivity index (χ1n) is 2.49. The lowest BCUT2D eigenvalue weighted by Crippen LogP contribution is -2.43. The molecule has 0 saturated carbocycles. The number of aromatic nitrogens is 1. The molecule has 0 aromatic carbocycles. The molecule has 1 rings (SSSR count). The zero-order chi connectivity index (χ0) is 6.69. The second-order valence-electron chi connectivity index (χ2n) is 1.65. The lowest BCUT2D eigenvalue weighted by Gasteiger charge is -1.82. The van der Waals surface area contributed by atoms with Crippen molar-refractivity contribution >= 4 is 0 Å². The van der Waals surface area contributed by atoms with E-state index in [4.69, 9.17) is 11.1 Å². The van der Waals surface area contributed by atoms with E-state index in [1.54, 1.807) is 24.5 Å². The van der Waals surface area contributed by atoms with Gasteiger partial charge in [0, 0.05) is 6.07 Å². The summed E-state index contributed by atoms with van der Waals surface area (Å²) in [5, 5.41) is 8.34. The van der Waals surface area contributed by atoms with Gasteiger partial charge in [0.2, 0.25) is 6.20 Å². The Morgan fingerprint density at radius 2 is 2.44 bits per heavy atom. The Kier molecular flexibility index (Phi) is 1.32. The fourth-order valence-electron chi connectivity index (χ4n) is 0.559. The van der Waals surface area contributed by atoms with Gasteiger partial charge in [-0.05, 0) is 6.07 Å². The van der Waals surface area contributed by atoms with Gasteiger partial charge in [0.05, 0.1) is 0 Å². The topological polar surface area (TPSA) is 53.7 Å². The molecule has 0 aliphatic rings. The molecule has 9 heavy (non-hydrogen) atoms. The van der Waals surface area contributed by atoms with Crippen LogP contribution >= 0.6 is 0 Å². The lowest BCUT2D eigenvalue weighted by atomic mass is 10.3. The molecule has 0 saturated heterocycles. The van der Waals surface area contributed by atoms with Gasteiger partial charge in [-0.25, -0.2) is 5.84 Å². The van der Waals surface area contributed by atoms with Crippen molar-refractivity contribution in [2.24, 2.45) is 0 Å². The average molecular weight is 120 g/mol. The summed E-state index contributed by atoms with van der Waals surface area (Å²) in [7, 11) is 0. The summed E-state index contributed by atoms with van der Waals surface area (Å²) in [5.74, 6) is 5.30. The van der Waals surface area contributed by atoms with Crippen LogP contribution in [0.5, 0.6) is 0 Å². The van der Waals surface area contributed by atoms with Crippen LogP contribution in [0.25, 0.3) is 0 Å². The Balaban J connectivity index is 3.12. The van der Waals surface area contributed by atoms with Crippen molar-refractivity contribution in [3.05, 3.63) is 30.1 Å². The molecular formula is C6H6N3+. The number of hydrogen-bond acceptors (Lipinski definition) is 2. The zero-order valence-electron chi connectivity index (χ0n) is 4.78. The zero-order valence-corrected chi connectivity index (χ0v) is 4.78. The first-order valence-corrected chi connectivity index (χ1v) is 2.49. The summed E-state index contributed by atoms with van der Waals surface area (Å²) < 4.78 is 1.35. The molecule has 0 amide bonds. The van der Waals surface area contributed by atoms with Gasteiger partial charge in [0.15, 0.2) is 6.20 Å². The normalized spacial score (nSPS) is 8.33. The van der Waals surface area contributed by atoms with Crippen LogP contribution in [0.1, 0.15) is 5.56 Å². The van der Waals surface area contributed by atoms with Crippen molar-refractivity contribution in [2.45, 2.75) is 0 Å². The largest absolute Gasteiger partial charge is 0.216 e. The molecule has 3 nitrogen and oxygen atoms in total. The van der Waals surface area contributed by atoms with Gasteiger partial charge in [0.25, 0.3) is 0 Å². The van der Waals surface area contributed by atoms with E-state index < -0.39 is 0 Å². The van der Waals surface area contributed by atoms with E-state index in [2.05, 4.69) is 0 Å². The van der Waals surface area contributed by atoms with Crippen molar-refractivity contribution < 1.29 is 4.68 Å². The Bertz CT molecular complexity index is 249. The van der Waals surface area contributed by atoms with Crippen LogP contribution in [0.4, 0.5) is 0 Å². The van der Waals surface area contributed by atoms with E-state index in [0.717, 1.165) is 0 Å². The summed E-state index contributed by atoms with van der Waals surface area (Å²) in [6.45, 7) is 0. The van der Waals surface area contributed by atoms with Crippen molar-refractivity contribution in [3.63, 3.8) is 0 Å². The van der Waals surface area contributed by atoms with Crippen molar-refractivity contribution in [2.75, 3.05) is 5.84 Å². The van der Waals surface area contributed by atoms with Crippen LogP contribution in [0.2, 0.25) is 0 Å². The van der Waals surface area contributed by atoms with Crippen LogP contribution in [-0.4, -0.2) is 0 Å². The SMILES string of the molecule is N#Cc1ccc[n+](N)c1. The number of nitriles is 1. The van der Waals surface area contributed by atoms with E-state index in [-0.39, 0.29) is 0 Å². The second kappa shape index (κ2) is 2.14. The minimum absolute atomic E-state index is 0.569. The maximum atomic E-state index is 8.34. The molecule has 1 aromatic rings. The van der Waals surface area contributed by atoms with Gasteiger partial charge >= 0.3 is 0 Å². The number of hydrogen-bond donors (Lipinski definition) is 1. The highest BCUT2D eigenvalue weighted by atomic mass is 15.3. The Labute approximate surface area is 52.9 Å². The Morgan fingerprint density at radius 3 is 2.89 bits per heavy atom. The molecule has 0 aliphatic heterocycles.